The molecule has 318 valence electrons. The standard InChI is InChI=1S/C64H52N2/c1-63(2)57-17-9-6-14-51(57)53-34-31-50(39-59(53)63)65(49-32-35-62-56(38-49)55-16-8-11-19-61(55)66(62)47-12-4-3-5-13-47)48-29-25-43(26-30-48)42-21-23-44(24-22-42)45-27-33-54-52-15-7-10-18-58(52)64(60(54)37-45)40-41-20-28-46(64)36-41/h3-19,21-27,29-35,37-39,41,46,51,57H,20,28,36,40H2,1-2H3. The normalized spacial score (nSPS) is 22.5. The van der Waals surface area contributed by atoms with E-state index >= 15 is 0 Å². The molecule has 1 heterocycles. The average molecular weight is 849 g/mol. The van der Waals surface area contributed by atoms with Crippen LogP contribution in [0.3, 0.4) is 0 Å². The van der Waals surface area contributed by atoms with Crippen LogP contribution in [0.2, 0.25) is 0 Å². The van der Waals surface area contributed by atoms with Gasteiger partial charge in [-0.1, -0.05) is 160 Å². The third-order valence-corrected chi connectivity index (χ3v) is 17.0. The first-order chi connectivity index (χ1) is 32.4. The summed E-state index contributed by atoms with van der Waals surface area (Å²) in [5.41, 5.74) is 21.3. The van der Waals surface area contributed by atoms with E-state index in [-0.39, 0.29) is 10.8 Å². The van der Waals surface area contributed by atoms with E-state index in [4.69, 9.17) is 0 Å². The van der Waals surface area contributed by atoms with Crippen LogP contribution in [0.15, 0.2) is 206 Å². The quantitative estimate of drug-likeness (QED) is 0.162. The number of nitrogens with zero attached hydrogens (tertiary/aromatic N) is 2. The molecule has 2 fully saturated rings. The van der Waals surface area contributed by atoms with E-state index in [2.05, 4.69) is 230 Å². The Bertz CT molecular complexity index is 3470. The molecule has 5 aliphatic carbocycles. The van der Waals surface area contributed by atoms with E-state index < -0.39 is 0 Å². The summed E-state index contributed by atoms with van der Waals surface area (Å²) in [6.45, 7) is 4.86. The number of aromatic nitrogens is 1. The maximum atomic E-state index is 2.56. The molecule has 0 amide bonds. The van der Waals surface area contributed by atoms with Crippen molar-refractivity contribution in [1.82, 2.24) is 4.57 Å². The molecule has 1 spiro atoms. The first-order valence-electron chi connectivity index (χ1n) is 24.3. The van der Waals surface area contributed by atoms with Crippen molar-refractivity contribution >= 4 is 38.9 Å². The third kappa shape index (κ3) is 5.42. The van der Waals surface area contributed by atoms with Crippen molar-refractivity contribution in [1.29, 1.82) is 0 Å². The van der Waals surface area contributed by atoms with Crippen LogP contribution in [-0.4, -0.2) is 4.57 Å². The second-order valence-electron chi connectivity index (χ2n) is 20.5. The average Bonchev–Trinajstić information content (AvgIpc) is 4.18. The zero-order chi connectivity index (χ0) is 43.7. The van der Waals surface area contributed by atoms with Gasteiger partial charge in [-0.25, -0.2) is 0 Å². The summed E-state index contributed by atoms with van der Waals surface area (Å²) in [4.78, 5) is 2.47. The van der Waals surface area contributed by atoms with Crippen LogP contribution < -0.4 is 4.90 Å². The Morgan fingerprint density at radius 1 is 0.500 bits per heavy atom. The SMILES string of the molecule is CC1(C)c2cc(N(c3ccc(-c4ccc(-c5ccc6c(c5)C5(CC7CCC5C7)c5ccccc5-6)cc4)cc3)c3ccc4c(c3)c3ccccc3n4-c3ccccc3)ccc2C2C=CC=CC21. The van der Waals surface area contributed by atoms with Crippen LogP contribution in [0.25, 0.3) is 60.9 Å². The minimum absolute atomic E-state index is 0.00832. The highest BCUT2D eigenvalue weighted by atomic mass is 15.1. The number of anilines is 3. The highest BCUT2D eigenvalue weighted by molar-refractivity contribution is 6.10. The molecule has 8 aromatic carbocycles. The number of rotatable bonds is 6. The Morgan fingerprint density at radius 3 is 1.95 bits per heavy atom. The van der Waals surface area contributed by atoms with Gasteiger partial charge < -0.3 is 9.47 Å². The first kappa shape index (κ1) is 38.1. The van der Waals surface area contributed by atoms with E-state index in [9.17, 15) is 0 Å². The molecule has 0 N–H and O–H groups in total. The van der Waals surface area contributed by atoms with E-state index in [0.29, 0.717) is 11.8 Å². The van der Waals surface area contributed by atoms with Crippen LogP contribution in [0.4, 0.5) is 17.1 Å². The van der Waals surface area contributed by atoms with Crippen molar-refractivity contribution < 1.29 is 0 Å². The third-order valence-electron chi connectivity index (χ3n) is 17.0. The summed E-state index contributed by atoms with van der Waals surface area (Å²) in [6, 6.07) is 69.1. The molecule has 0 aliphatic heterocycles. The summed E-state index contributed by atoms with van der Waals surface area (Å²) in [6.07, 6.45) is 14.8. The van der Waals surface area contributed by atoms with E-state index in [1.165, 1.54) is 103 Å². The van der Waals surface area contributed by atoms with Gasteiger partial charge in [-0.2, -0.15) is 0 Å². The predicted octanol–water partition coefficient (Wildman–Crippen LogP) is 16.8. The zero-order valence-corrected chi connectivity index (χ0v) is 37.7. The Labute approximate surface area is 388 Å². The minimum Gasteiger partial charge on any atom is -0.310 e. The van der Waals surface area contributed by atoms with Crippen molar-refractivity contribution in [2.75, 3.05) is 4.90 Å². The van der Waals surface area contributed by atoms with Crippen molar-refractivity contribution in [3.8, 4) is 39.1 Å². The molecule has 14 rings (SSSR count). The summed E-state index contributed by atoms with van der Waals surface area (Å²) in [5, 5.41) is 2.50. The van der Waals surface area contributed by atoms with E-state index in [1.54, 1.807) is 11.1 Å². The van der Waals surface area contributed by atoms with Gasteiger partial charge in [0.15, 0.2) is 0 Å². The summed E-state index contributed by atoms with van der Waals surface area (Å²) in [7, 11) is 0. The van der Waals surface area contributed by atoms with E-state index in [0.717, 1.165) is 23.2 Å². The van der Waals surface area contributed by atoms with E-state index in [1.807, 2.05) is 0 Å². The van der Waals surface area contributed by atoms with Gasteiger partial charge in [-0.3, -0.25) is 0 Å². The van der Waals surface area contributed by atoms with Gasteiger partial charge in [-0.05, 0) is 165 Å². The molecule has 2 nitrogen and oxygen atoms in total. The van der Waals surface area contributed by atoms with Crippen LogP contribution >= 0.6 is 0 Å². The molecule has 1 aromatic heterocycles. The fourth-order valence-electron chi connectivity index (χ4n) is 13.9. The monoisotopic (exact) mass is 848 g/mol. The maximum absolute atomic E-state index is 2.56. The smallest absolute Gasteiger partial charge is 0.0542 e. The minimum atomic E-state index is 0.00832. The lowest BCUT2D eigenvalue weighted by atomic mass is 9.66. The lowest BCUT2D eigenvalue weighted by Crippen LogP contribution is -2.31. The van der Waals surface area contributed by atoms with Gasteiger partial charge in [0, 0.05) is 44.9 Å². The second kappa shape index (κ2) is 14.2. The number of allylic oxidation sites excluding steroid dienone is 4. The number of para-hydroxylation sites is 2. The summed E-state index contributed by atoms with van der Waals surface area (Å²) < 4.78 is 2.40. The van der Waals surface area contributed by atoms with Crippen molar-refractivity contribution in [3.05, 3.63) is 229 Å². The van der Waals surface area contributed by atoms with Gasteiger partial charge >= 0.3 is 0 Å². The Balaban J connectivity index is 0.841. The predicted molar refractivity (Wildman–Crippen MR) is 276 cm³/mol. The topological polar surface area (TPSA) is 8.17 Å². The first-order valence-corrected chi connectivity index (χ1v) is 24.3. The molecule has 2 bridgehead atoms. The molecule has 5 unspecified atom stereocenters. The van der Waals surface area contributed by atoms with Gasteiger partial charge in [0.2, 0.25) is 0 Å². The highest BCUT2D eigenvalue weighted by Gasteiger charge is 2.56. The Kier molecular flexibility index (Phi) is 8.19. The summed E-state index contributed by atoms with van der Waals surface area (Å²) in [5.74, 6) is 2.49. The molecular formula is C64H52N2. The van der Waals surface area contributed by atoms with Crippen LogP contribution in [0.1, 0.15) is 67.7 Å². The van der Waals surface area contributed by atoms with Gasteiger partial charge in [0.05, 0.1) is 11.0 Å². The Morgan fingerprint density at radius 2 is 1.15 bits per heavy atom. The molecule has 0 radical (unpaired) electrons. The molecule has 5 aliphatic rings. The van der Waals surface area contributed by atoms with Gasteiger partial charge in [0.1, 0.15) is 0 Å². The Hall–Kier alpha value is -7.16. The van der Waals surface area contributed by atoms with Gasteiger partial charge in [-0.15, -0.1) is 0 Å². The number of benzene rings is 8. The molecule has 5 atom stereocenters. The van der Waals surface area contributed by atoms with Crippen LogP contribution in [0, 0.1) is 17.8 Å². The van der Waals surface area contributed by atoms with Crippen molar-refractivity contribution in [2.24, 2.45) is 17.8 Å². The zero-order valence-electron chi connectivity index (χ0n) is 37.7. The number of hydrogen-bond acceptors (Lipinski definition) is 1. The largest absolute Gasteiger partial charge is 0.310 e. The highest BCUT2D eigenvalue weighted by Crippen LogP contribution is 2.66. The lowest BCUT2D eigenvalue weighted by molar-refractivity contribution is 0.327. The fourth-order valence-corrected chi connectivity index (χ4v) is 13.9. The maximum Gasteiger partial charge on any atom is 0.0542 e. The second-order valence-corrected chi connectivity index (χ2v) is 20.5. The molecule has 9 aromatic rings. The summed E-state index contributed by atoms with van der Waals surface area (Å²) >= 11 is 0. The molecule has 0 saturated heterocycles. The molecule has 66 heavy (non-hydrogen) atoms. The van der Waals surface area contributed by atoms with Crippen molar-refractivity contribution in [3.63, 3.8) is 0 Å². The molecule has 2 heteroatoms. The van der Waals surface area contributed by atoms with Gasteiger partial charge in [0.25, 0.3) is 0 Å². The lowest BCUT2D eigenvalue weighted by Gasteiger charge is -2.36. The van der Waals surface area contributed by atoms with Crippen LogP contribution in [0.5, 0.6) is 0 Å². The number of hydrogen-bond donors (Lipinski definition) is 0. The molecular weight excluding hydrogens is 797 g/mol. The molecule has 2 saturated carbocycles. The fraction of sp³-hybridized carbons (Fsp3) is 0.188. The van der Waals surface area contributed by atoms with Crippen molar-refractivity contribution in [2.45, 2.75) is 56.3 Å². The van der Waals surface area contributed by atoms with Crippen LogP contribution in [-0.2, 0) is 10.8 Å². The number of fused-ring (bicyclic) bond motifs is 14.